The molecule has 2 aromatic carbocycles. The Morgan fingerprint density at radius 3 is 2.24 bits per heavy atom. The Balaban J connectivity index is 1.45. The maximum absolute atomic E-state index is 4.51. The van der Waals surface area contributed by atoms with Crippen molar-refractivity contribution in [2.24, 2.45) is 0 Å². The van der Waals surface area contributed by atoms with Gasteiger partial charge in [-0.2, -0.15) is 0 Å². The van der Waals surface area contributed by atoms with Gasteiger partial charge in [0.2, 0.25) is 5.16 Å². The molecule has 0 amide bonds. The lowest BCUT2D eigenvalue weighted by Crippen LogP contribution is -2.32. The van der Waals surface area contributed by atoms with Gasteiger partial charge in [-0.1, -0.05) is 67.1 Å². The van der Waals surface area contributed by atoms with Crippen molar-refractivity contribution in [3.8, 4) is 0 Å². The van der Waals surface area contributed by atoms with Crippen LogP contribution in [0.5, 0.6) is 0 Å². The zero-order valence-electron chi connectivity index (χ0n) is 16.4. The van der Waals surface area contributed by atoms with Crippen LogP contribution in [-0.4, -0.2) is 39.4 Å². The van der Waals surface area contributed by atoms with Gasteiger partial charge >= 0.3 is 0 Å². The first-order valence-corrected chi connectivity index (χ1v) is 11.2. The Kier molecular flexibility index (Phi) is 5.37. The monoisotopic (exact) mass is 403 g/mol. The van der Waals surface area contributed by atoms with Gasteiger partial charge in [-0.25, -0.2) is 4.68 Å². The number of likely N-dealkylation sites (tertiary alicyclic amines) is 1. The van der Waals surface area contributed by atoms with Crippen LogP contribution >= 0.6 is 11.8 Å². The molecule has 1 saturated heterocycles. The van der Waals surface area contributed by atoms with Crippen molar-refractivity contribution in [2.75, 3.05) is 25.1 Å². The van der Waals surface area contributed by atoms with Crippen LogP contribution < -0.4 is 5.43 Å². The Morgan fingerprint density at radius 1 is 0.828 bits per heavy atom. The van der Waals surface area contributed by atoms with Crippen molar-refractivity contribution >= 4 is 22.4 Å². The second-order valence-corrected chi connectivity index (χ2v) is 8.51. The molecule has 5 nitrogen and oxygen atoms in total. The molecule has 0 saturated carbocycles. The minimum Gasteiger partial charge on any atom is -0.303 e. The van der Waals surface area contributed by atoms with E-state index in [9.17, 15) is 0 Å². The Labute approximate surface area is 175 Å². The van der Waals surface area contributed by atoms with Crippen LogP contribution in [0.3, 0.4) is 0 Å². The van der Waals surface area contributed by atoms with E-state index >= 15 is 0 Å². The summed E-state index contributed by atoms with van der Waals surface area (Å²) in [5.74, 6) is 0.999. The summed E-state index contributed by atoms with van der Waals surface area (Å²) >= 11 is 1.69. The quantitative estimate of drug-likeness (QED) is 0.680. The van der Waals surface area contributed by atoms with E-state index in [1.54, 1.807) is 11.8 Å². The molecule has 0 atom stereocenters. The topological polar surface area (TPSA) is 46.0 Å². The summed E-state index contributed by atoms with van der Waals surface area (Å²) in [5, 5.41) is 9.90. The van der Waals surface area contributed by atoms with Crippen LogP contribution in [0.15, 0.2) is 65.8 Å². The highest BCUT2D eigenvalue weighted by atomic mass is 32.2. The molecule has 0 aliphatic carbocycles. The summed E-state index contributed by atoms with van der Waals surface area (Å²) in [5.41, 5.74) is 7.09. The molecule has 3 aromatic rings. The normalized spacial score (nSPS) is 17.1. The first-order chi connectivity index (χ1) is 14.4. The van der Waals surface area contributed by atoms with Gasteiger partial charge in [0.25, 0.3) is 0 Å². The molecule has 0 radical (unpaired) electrons. The number of nitrogens with zero attached hydrogens (tertiary/aromatic N) is 4. The summed E-state index contributed by atoms with van der Waals surface area (Å²) in [6.07, 6.45) is 4.90. The fraction of sp³-hybridized carbons (Fsp3) is 0.304. The third-order valence-electron chi connectivity index (χ3n) is 5.54. The number of benzene rings is 2. The number of hydrogen-bond acceptors (Lipinski definition) is 5. The molecule has 0 unspecified atom stereocenters. The van der Waals surface area contributed by atoms with Crippen molar-refractivity contribution in [1.82, 2.24) is 19.8 Å². The zero-order chi connectivity index (χ0) is 19.5. The number of piperidine rings is 1. The van der Waals surface area contributed by atoms with Crippen molar-refractivity contribution in [3.63, 3.8) is 0 Å². The molecule has 0 bridgehead atoms. The Morgan fingerprint density at radius 2 is 1.52 bits per heavy atom. The van der Waals surface area contributed by atoms with E-state index in [4.69, 9.17) is 0 Å². The predicted octanol–water partition coefficient (Wildman–Crippen LogP) is 4.48. The van der Waals surface area contributed by atoms with Crippen molar-refractivity contribution in [3.05, 3.63) is 77.6 Å². The molecule has 3 heterocycles. The maximum Gasteiger partial charge on any atom is 0.215 e. The van der Waals surface area contributed by atoms with Gasteiger partial charge in [0, 0.05) is 23.4 Å². The molecule has 148 valence electrons. The van der Waals surface area contributed by atoms with Crippen molar-refractivity contribution in [2.45, 2.75) is 30.8 Å². The van der Waals surface area contributed by atoms with Gasteiger partial charge in [-0.3, -0.25) is 5.43 Å². The van der Waals surface area contributed by atoms with Crippen LogP contribution in [0, 0.1) is 0 Å². The van der Waals surface area contributed by atoms with E-state index in [0.29, 0.717) is 0 Å². The third-order valence-corrected chi connectivity index (χ3v) is 6.63. The molecular formula is C23H25N5S. The van der Waals surface area contributed by atoms with E-state index in [0.717, 1.165) is 29.6 Å². The summed E-state index contributed by atoms with van der Waals surface area (Å²) in [6, 6.07) is 21.0. The average molecular weight is 404 g/mol. The second-order valence-electron chi connectivity index (χ2n) is 7.54. The molecule has 1 N–H and O–H groups in total. The van der Waals surface area contributed by atoms with Gasteiger partial charge in [0.15, 0.2) is 5.82 Å². The minimum absolute atomic E-state index is 0.900. The zero-order valence-corrected chi connectivity index (χ0v) is 17.2. The molecular weight excluding hydrogens is 378 g/mol. The summed E-state index contributed by atoms with van der Waals surface area (Å²) in [4.78, 5) is 3.73. The highest BCUT2D eigenvalue weighted by Gasteiger charge is 2.25. The molecule has 5 rings (SSSR count). The van der Waals surface area contributed by atoms with Gasteiger partial charge in [-0.15, -0.1) is 10.2 Å². The van der Waals surface area contributed by atoms with Gasteiger partial charge < -0.3 is 4.90 Å². The van der Waals surface area contributed by atoms with Crippen LogP contribution in [-0.2, 0) is 6.42 Å². The molecule has 2 aliphatic heterocycles. The largest absolute Gasteiger partial charge is 0.303 e. The van der Waals surface area contributed by atoms with Crippen LogP contribution in [0.2, 0.25) is 0 Å². The molecule has 1 fully saturated rings. The Bertz CT molecular complexity index is 991. The van der Waals surface area contributed by atoms with E-state index in [-0.39, 0.29) is 0 Å². The maximum atomic E-state index is 4.51. The molecule has 2 aliphatic rings. The molecule has 0 spiro atoms. The lowest BCUT2D eigenvalue weighted by Gasteiger charge is -2.27. The predicted molar refractivity (Wildman–Crippen MR) is 119 cm³/mol. The lowest BCUT2D eigenvalue weighted by atomic mass is 10.1. The highest BCUT2D eigenvalue weighted by molar-refractivity contribution is 8.08. The number of hydrogen-bond donors (Lipinski definition) is 1. The number of fused-ring (bicyclic) bond motifs is 1. The number of aromatic nitrogens is 3. The fourth-order valence-electron chi connectivity index (χ4n) is 3.98. The van der Waals surface area contributed by atoms with E-state index < -0.39 is 0 Å². The van der Waals surface area contributed by atoms with E-state index in [1.165, 1.54) is 48.4 Å². The van der Waals surface area contributed by atoms with Crippen LogP contribution in [0.25, 0.3) is 10.6 Å². The van der Waals surface area contributed by atoms with Gasteiger partial charge in [0.1, 0.15) is 0 Å². The van der Waals surface area contributed by atoms with Gasteiger partial charge in [-0.05, 0) is 43.3 Å². The first-order valence-electron chi connectivity index (χ1n) is 10.3. The SMILES string of the molecule is c1ccc(C2=C(c3ccccc3)Sc3nnc(CCN4CCCCC4)n3N2)cc1. The number of thioether (sulfide) groups is 1. The van der Waals surface area contributed by atoms with Crippen LogP contribution in [0.4, 0.5) is 0 Å². The smallest absolute Gasteiger partial charge is 0.215 e. The molecule has 29 heavy (non-hydrogen) atoms. The second kappa shape index (κ2) is 8.43. The van der Waals surface area contributed by atoms with Gasteiger partial charge in [0.05, 0.1) is 5.70 Å². The minimum atomic E-state index is 0.900. The first kappa shape index (κ1) is 18.5. The lowest BCUT2D eigenvalue weighted by molar-refractivity contribution is 0.229. The summed E-state index contributed by atoms with van der Waals surface area (Å²) in [6.45, 7) is 3.45. The molecule has 1 aromatic heterocycles. The fourth-order valence-corrected chi connectivity index (χ4v) is 5.01. The summed E-state index contributed by atoms with van der Waals surface area (Å²) < 4.78 is 2.07. The number of nitrogens with one attached hydrogen (secondary N) is 1. The Hall–Kier alpha value is -2.57. The third kappa shape index (κ3) is 3.95. The molecule has 6 heteroatoms. The van der Waals surface area contributed by atoms with Crippen molar-refractivity contribution < 1.29 is 0 Å². The average Bonchev–Trinajstić information content (AvgIpc) is 3.21. The highest BCUT2D eigenvalue weighted by Crippen LogP contribution is 2.41. The van der Waals surface area contributed by atoms with E-state index in [1.807, 2.05) is 6.07 Å². The van der Waals surface area contributed by atoms with Crippen molar-refractivity contribution in [1.29, 1.82) is 0 Å². The standard InChI is InChI=1S/C23H25N5S/c1-4-10-18(11-5-1)21-22(19-12-6-2-7-13-19)29-23-25-24-20(28(23)26-21)14-17-27-15-8-3-9-16-27/h1-2,4-7,10-13,26H,3,8-9,14-17H2. The van der Waals surface area contributed by atoms with E-state index in [2.05, 4.69) is 79.8 Å². The van der Waals surface area contributed by atoms with Crippen LogP contribution in [0.1, 0.15) is 36.2 Å². The summed E-state index contributed by atoms with van der Waals surface area (Å²) in [7, 11) is 0. The number of rotatable bonds is 5.